The molecule has 0 aromatic heterocycles. The maximum absolute atomic E-state index is 12.5. The molecule has 1 heterocycles. The molecule has 1 aliphatic rings. The summed E-state index contributed by atoms with van der Waals surface area (Å²) in [5, 5.41) is 16.6. The summed E-state index contributed by atoms with van der Waals surface area (Å²) < 4.78 is 0. The van der Waals surface area contributed by atoms with Crippen LogP contribution < -0.4 is 15.5 Å². The predicted octanol–water partition coefficient (Wildman–Crippen LogP) is 2.33. The SMILES string of the molecule is CNC(=O)c1cc([N+](=O)[O-])ccc1N1CCN(CC(=O)Nc2c(C)cccc2C)CC1. The Balaban J connectivity index is 1.64. The summed E-state index contributed by atoms with van der Waals surface area (Å²) in [6, 6.07) is 10.2. The Labute approximate surface area is 181 Å². The summed E-state index contributed by atoms with van der Waals surface area (Å²) >= 11 is 0. The van der Waals surface area contributed by atoms with E-state index in [2.05, 4.69) is 15.5 Å². The molecule has 9 heteroatoms. The van der Waals surface area contributed by atoms with Crippen LogP contribution in [0.4, 0.5) is 17.1 Å². The van der Waals surface area contributed by atoms with Crippen LogP contribution in [0.3, 0.4) is 0 Å². The van der Waals surface area contributed by atoms with E-state index in [4.69, 9.17) is 0 Å². The predicted molar refractivity (Wildman–Crippen MR) is 120 cm³/mol. The number of nitrogens with zero attached hydrogens (tertiary/aromatic N) is 3. The zero-order valence-corrected chi connectivity index (χ0v) is 18.0. The molecule has 0 bridgehead atoms. The van der Waals surface area contributed by atoms with Gasteiger partial charge in [0.05, 0.1) is 22.7 Å². The molecule has 0 saturated carbocycles. The molecule has 0 aliphatic carbocycles. The van der Waals surface area contributed by atoms with E-state index < -0.39 is 4.92 Å². The Kier molecular flexibility index (Phi) is 6.86. The van der Waals surface area contributed by atoms with Gasteiger partial charge in [-0.2, -0.15) is 0 Å². The molecular weight excluding hydrogens is 398 g/mol. The van der Waals surface area contributed by atoms with Crippen molar-refractivity contribution in [2.24, 2.45) is 0 Å². The number of hydrogen-bond donors (Lipinski definition) is 2. The molecule has 2 aromatic carbocycles. The Morgan fingerprint density at radius 3 is 2.29 bits per heavy atom. The van der Waals surface area contributed by atoms with Crippen LogP contribution >= 0.6 is 0 Å². The molecule has 0 atom stereocenters. The fourth-order valence-electron chi connectivity index (χ4n) is 3.77. The zero-order valence-electron chi connectivity index (χ0n) is 18.0. The van der Waals surface area contributed by atoms with Crippen molar-refractivity contribution in [2.75, 3.05) is 50.0 Å². The third kappa shape index (κ3) is 5.18. The van der Waals surface area contributed by atoms with E-state index >= 15 is 0 Å². The molecular formula is C22H27N5O4. The number of nitrogens with one attached hydrogen (secondary N) is 2. The molecule has 2 amide bonds. The molecule has 2 aromatic rings. The highest BCUT2D eigenvalue weighted by Gasteiger charge is 2.24. The van der Waals surface area contributed by atoms with Crippen molar-refractivity contribution in [3.63, 3.8) is 0 Å². The Morgan fingerprint density at radius 1 is 1.06 bits per heavy atom. The largest absolute Gasteiger partial charge is 0.368 e. The summed E-state index contributed by atoms with van der Waals surface area (Å²) in [7, 11) is 1.50. The molecule has 31 heavy (non-hydrogen) atoms. The third-order valence-corrected chi connectivity index (χ3v) is 5.49. The van der Waals surface area contributed by atoms with Crippen molar-refractivity contribution in [2.45, 2.75) is 13.8 Å². The van der Waals surface area contributed by atoms with Gasteiger partial charge in [-0.1, -0.05) is 18.2 Å². The number of amides is 2. The van der Waals surface area contributed by atoms with Gasteiger partial charge in [-0.05, 0) is 31.0 Å². The summed E-state index contributed by atoms with van der Waals surface area (Å²) in [4.78, 5) is 39.5. The molecule has 0 unspecified atom stereocenters. The number of benzene rings is 2. The summed E-state index contributed by atoms with van der Waals surface area (Å²) in [6.07, 6.45) is 0. The molecule has 2 N–H and O–H groups in total. The fraction of sp³-hybridized carbons (Fsp3) is 0.364. The normalized spacial score (nSPS) is 14.2. The lowest BCUT2D eigenvalue weighted by atomic mass is 10.1. The van der Waals surface area contributed by atoms with E-state index in [-0.39, 0.29) is 29.6 Å². The standard InChI is InChI=1S/C22H27N5O4/c1-15-5-4-6-16(2)21(15)24-20(28)14-25-9-11-26(12-10-25)19-8-7-17(27(30)31)13-18(19)22(29)23-3/h4-8,13H,9-12,14H2,1-3H3,(H,23,29)(H,24,28). The molecule has 0 spiro atoms. The lowest BCUT2D eigenvalue weighted by molar-refractivity contribution is -0.384. The van der Waals surface area contributed by atoms with Gasteiger partial charge in [0.15, 0.2) is 0 Å². The molecule has 3 rings (SSSR count). The number of nitro groups is 1. The van der Waals surface area contributed by atoms with Crippen LogP contribution in [0.2, 0.25) is 0 Å². The number of carbonyl (C=O) groups is 2. The van der Waals surface area contributed by atoms with Crippen LogP contribution in [0.15, 0.2) is 36.4 Å². The molecule has 9 nitrogen and oxygen atoms in total. The number of nitro benzene ring substituents is 1. The van der Waals surface area contributed by atoms with Gasteiger partial charge in [0.1, 0.15) is 0 Å². The lowest BCUT2D eigenvalue weighted by Crippen LogP contribution is -2.49. The topological polar surface area (TPSA) is 108 Å². The smallest absolute Gasteiger partial charge is 0.270 e. The van der Waals surface area contributed by atoms with E-state index in [0.717, 1.165) is 16.8 Å². The average molecular weight is 425 g/mol. The van der Waals surface area contributed by atoms with E-state index in [1.54, 1.807) is 6.07 Å². The third-order valence-electron chi connectivity index (χ3n) is 5.49. The number of rotatable bonds is 6. The highest BCUT2D eigenvalue weighted by molar-refractivity contribution is 6.00. The number of aryl methyl sites for hydroxylation is 2. The number of non-ortho nitro benzene ring substituents is 1. The Bertz CT molecular complexity index is 979. The maximum Gasteiger partial charge on any atom is 0.270 e. The molecule has 1 aliphatic heterocycles. The van der Waals surface area contributed by atoms with Crippen LogP contribution in [0, 0.1) is 24.0 Å². The number of piperazine rings is 1. The minimum absolute atomic E-state index is 0.0627. The van der Waals surface area contributed by atoms with Crippen LogP contribution in [0.5, 0.6) is 0 Å². The fourth-order valence-corrected chi connectivity index (χ4v) is 3.77. The van der Waals surface area contributed by atoms with Gasteiger partial charge in [0, 0.05) is 51.0 Å². The van der Waals surface area contributed by atoms with E-state index in [9.17, 15) is 19.7 Å². The van der Waals surface area contributed by atoms with Gasteiger partial charge in [0.25, 0.3) is 11.6 Å². The van der Waals surface area contributed by atoms with Gasteiger partial charge in [-0.25, -0.2) is 0 Å². The minimum Gasteiger partial charge on any atom is -0.368 e. The second kappa shape index (κ2) is 9.57. The van der Waals surface area contributed by atoms with Crippen LogP contribution in [0.1, 0.15) is 21.5 Å². The highest BCUT2D eigenvalue weighted by atomic mass is 16.6. The number of hydrogen-bond acceptors (Lipinski definition) is 6. The van der Waals surface area contributed by atoms with Crippen molar-refractivity contribution in [1.82, 2.24) is 10.2 Å². The van der Waals surface area contributed by atoms with Crippen LogP contribution in [-0.2, 0) is 4.79 Å². The van der Waals surface area contributed by atoms with E-state index in [1.807, 2.05) is 36.9 Å². The second-order valence-corrected chi connectivity index (χ2v) is 7.62. The van der Waals surface area contributed by atoms with Gasteiger partial charge in [-0.15, -0.1) is 0 Å². The Morgan fingerprint density at radius 2 is 1.71 bits per heavy atom. The van der Waals surface area contributed by atoms with Gasteiger partial charge in [-0.3, -0.25) is 24.6 Å². The first-order valence-electron chi connectivity index (χ1n) is 10.1. The lowest BCUT2D eigenvalue weighted by Gasteiger charge is -2.36. The number of carbonyl (C=O) groups excluding carboxylic acids is 2. The summed E-state index contributed by atoms with van der Waals surface area (Å²) in [6.45, 7) is 6.72. The quantitative estimate of drug-likeness (QED) is 0.543. The van der Waals surface area contributed by atoms with Crippen molar-refractivity contribution in [1.29, 1.82) is 0 Å². The van der Waals surface area contributed by atoms with E-state index in [0.29, 0.717) is 31.9 Å². The molecule has 1 saturated heterocycles. The van der Waals surface area contributed by atoms with Gasteiger partial charge in [0.2, 0.25) is 5.91 Å². The molecule has 1 fully saturated rings. The highest BCUT2D eigenvalue weighted by Crippen LogP contribution is 2.27. The van der Waals surface area contributed by atoms with Gasteiger partial charge >= 0.3 is 0 Å². The van der Waals surface area contributed by atoms with Crippen molar-refractivity contribution < 1.29 is 14.5 Å². The van der Waals surface area contributed by atoms with Crippen LogP contribution in [-0.4, -0.2) is 61.4 Å². The first-order chi connectivity index (χ1) is 14.8. The van der Waals surface area contributed by atoms with Gasteiger partial charge < -0.3 is 15.5 Å². The maximum atomic E-state index is 12.5. The first-order valence-corrected chi connectivity index (χ1v) is 10.1. The van der Waals surface area contributed by atoms with E-state index in [1.165, 1.54) is 19.2 Å². The monoisotopic (exact) mass is 425 g/mol. The first kappa shape index (κ1) is 22.2. The molecule has 0 radical (unpaired) electrons. The van der Waals surface area contributed by atoms with Crippen LogP contribution in [0.25, 0.3) is 0 Å². The second-order valence-electron chi connectivity index (χ2n) is 7.62. The number of anilines is 2. The summed E-state index contributed by atoms with van der Waals surface area (Å²) in [5.74, 6) is -0.429. The number of para-hydroxylation sites is 1. The Hall–Kier alpha value is -3.46. The average Bonchev–Trinajstić information content (AvgIpc) is 2.76. The molecule has 164 valence electrons. The zero-order chi connectivity index (χ0) is 22.5. The minimum atomic E-state index is -0.511. The van der Waals surface area contributed by atoms with Crippen molar-refractivity contribution >= 4 is 28.9 Å². The summed E-state index contributed by atoms with van der Waals surface area (Å²) in [5.41, 5.74) is 3.72. The van der Waals surface area contributed by atoms with Crippen molar-refractivity contribution in [3.8, 4) is 0 Å². The van der Waals surface area contributed by atoms with Crippen molar-refractivity contribution in [3.05, 3.63) is 63.2 Å².